The van der Waals surface area contributed by atoms with Crippen LogP contribution in [0.1, 0.15) is 51.3 Å². The van der Waals surface area contributed by atoms with Gasteiger partial charge >= 0.3 is 0 Å². The van der Waals surface area contributed by atoms with Crippen molar-refractivity contribution >= 4 is 16.7 Å². The summed E-state index contributed by atoms with van der Waals surface area (Å²) in [6, 6.07) is 0. The van der Waals surface area contributed by atoms with Crippen LogP contribution in [0.5, 0.6) is 0 Å². The summed E-state index contributed by atoms with van der Waals surface area (Å²) in [4.78, 5) is 4.39. The molecule has 1 aromatic heterocycles. The number of aliphatic hydroxyl groups is 1. The van der Waals surface area contributed by atoms with Crippen LogP contribution >= 0.6 is 11.5 Å². The number of hydrogen-bond acceptors (Lipinski definition) is 5. The van der Waals surface area contributed by atoms with Gasteiger partial charge in [-0.3, -0.25) is 0 Å². The second kappa shape index (κ2) is 4.67. The lowest BCUT2D eigenvalue weighted by atomic mass is 10.0. The maximum atomic E-state index is 10.2. The van der Waals surface area contributed by atoms with Crippen molar-refractivity contribution in [1.29, 1.82) is 0 Å². The second-order valence-electron chi connectivity index (χ2n) is 4.90. The predicted octanol–water partition coefficient (Wildman–Crippen LogP) is 2.38. The molecule has 0 bridgehead atoms. The average Bonchev–Trinajstić information content (AvgIpc) is 2.84. The lowest BCUT2D eigenvalue weighted by molar-refractivity contribution is 0.0614. The number of aromatic nitrogens is 2. The standard InChI is InChI=1S/C11H19N3OS/c1-8(2)9-13-10(16-14-9)12-7-11(15)5-3-4-6-11/h8,15H,3-7H2,1-2H3,(H,12,13,14). The molecule has 1 aromatic rings. The summed E-state index contributed by atoms with van der Waals surface area (Å²) in [6.07, 6.45) is 4.06. The Bertz CT molecular complexity index is 345. The molecule has 0 amide bonds. The highest BCUT2D eigenvalue weighted by atomic mass is 32.1. The minimum absolute atomic E-state index is 0.362. The van der Waals surface area contributed by atoms with Crippen molar-refractivity contribution in [1.82, 2.24) is 9.36 Å². The van der Waals surface area contributed by atoms with Crippen LogP contribution in [0.4, 0.5) is 5.13 Å². The number of anilines is 1. The molecule has 0 unspecified atom stereocenters. The van der Waals surface area contributed by atoms with E-state index in [-0.39, 0.29) is 0 Å². The van der Waals surface area contributed by atoms with Gasteiger partial charge in [0.25, 0.3) is 0 Å². The molecule has 4 nitrogen and oxygen atoms in total. The Morgan fingerprint density at radius 1 is 1.44 bits per heavy atom. The normalized spacial score (nSPS) is 19.2. The van der Waals surface area contributed by atoms with Gasteiger partial charge in [-0.2, -0.15) is 4.37 Å². The Kier molecular flexibility index (Phi) is 3.44. The fraction of sp³-hybridized carbons (Fsp3) is 0.818. The van der Waals surface area contributed by atoms with E-state index < -0.39 is 5.60 Å². The van der Waals surface area contributed by atoms with Crippen LogP contribution in [0, 0.1) is 0 Å². The Hall–Kier alpha value is -0.680. The number of nitrogens with zero attached hydrogens (tertiary/aromatic N) is 2. The van der Waals surface area contributed by atoms with Crippen molar-refractivity contribution in [3.8, 4) is 0 Å². The third-order valence-corrected chi connectivity index (χ3v) is 3.75. The lowest BCUT2D eigenvalue weighted by Crippen LogP contribution is -2.33. The maximum absolute atomic E-state index is 10.2. The summed E-state index contributed by atoms with van der Waals surface area (Å²) in [7, 11) is 0. The molecule has 0 spiro atoms. The highest BCUT2D eigenvalue weighted by molar-refractivity contribution is 7.09. The van der Waals surface area contributed by atoms with Gasteiger partial charge in [-0.05, 0) is 12.8 Å². The Morgan fingerprint density at radius 2 is 2.12 bits per heavy atom. The predicted molar refractivity (Wildman–Crippen MR) is 65.9 cm³/mol. The van der Waals surface area contributed by atoms with E-state index >= 15 is 0 Å². The zero-order valence-electron chi connectivity index (χ0n) is 9.86. The van der Waals surface area contributed by atoms with Crippen LogP contribution in [0.2, 0.25) is 0 Å². The Morgan fingerprint density at radius 3 is 2.69 bits per heavy atom. The third kappa shape index (κ3) is 2.71. The van der Waals surface area contributed by atoms with E-state index in [2.05, 4.69) is 28.5 Å². The molecule has 1 aliphatic carbocycles. The van der Waals surface area contributed by atoms with E-state index in [9.17, 15) is 5.11 Å². The monoisotopic (exact) mass is 241 g/mol. The molecule has 2 N–H and O–H groups in total. The molecular weight excluding hydrogens is 222 g/mol. The molecule has 0 radical (unpaired) electrons. The molecule has 1 fully saturated rings. The van der Waals surface area contributed by atoms with Crippen molar-refractivity contribution in [2.24, 2.45) is 0 Å². The summed E-state index contributed by atoms with van der Waals surface area (Å²) >= 11 is 1.38. The Balaban J connectivity index is 1.89. The molecule has 0 atom stereocenters. The van der Waals surface area contributed by atoms with Crippen molar-refractivity contribution in [2.75, 3.05) is 11.9 Å². The van der Waals surface area contributed by atoms with Crippen LogP contribution in [0.3, 0.4) is 0 Å². The molecule has 16 heavy (non-hydrogen) atoms. The van der Waals surface area contributed by atoms with Crippen LogP contribution in [0.15, 0.2) is 0 Å². The zero-order chi connectivity index (χ0) is 11.6. The van der Waals surface area contributed by atoms with E-state index in [1.165, 1.54) is 11.5 Å². The lowest BCUT2D eigenvalue weighted by Gasteiger charge is -2.21. The van der Waals surface area contributed by atoms with Crippen LogP contribution in [-0.2, 0) is 0 Å². The summed E-state index contributed by atoms with van der Waals surface area (Å²) in [5.41, 5.74) is -0.524. The SMILES string of the molecule is CC(C)c1nsc(NCC2(O)CCCC2)n1. The Labute approximate surface area is 100 Å². The highest BCUT2D eigenvalue weighted by Crippen LogP contribution is 2.29. The van der Waals surface area contributed by atoms with E-state index in [0.717, 1.165) is 36.6 Å². The molecule has 0 aromatic carbocycles. The van der Waals surface area contributed by atoms with Gasteiger partial charge in [-0.1, -0.05) is 26.7 Å². The van der Waals surface area contributed by atoms with E-state index in [1.807, 2.05) is 0 Å². The summed E-state index contributed by atoms with van der Waals surface area (Å²) in [5.74, 6) is 1.24. The van der Waals surface area contributed by atoms with Crippen molar-refractivity contribution in [3.63, 3.8) is 0 Å². The quantitative estimate of drug-likeness (QED) is 0.849. The van der Waals surface area contributed by atoms with Gasteiger partial charge in [0.1, 0.15) is 5.82 Å². The molecule has 0 aliphatic heterocycles. The summed E-state index contributed by atoms with van der Waals surface area (Å²) < 4.78 is 4.27. The van der Waals surface area contributed by atoms with E-state index in [1.54, 1.807) is 0 Å². The first-order valence-electron chi connectivity index (χ1n) is 5.89. The van der Waals surface area contributed by atoms with Gasteiger partial charge in [-0.15, -0.1) is 0 Å². The molecule has 0 saturated heterocycles. The van der Waals surface area contributed by atoms with E-state index in [0.29, 0.717) is 12.5 Å². The first-order chi connectivity index (χ1) is 7.59. The smallest absolute Gasteiger partial charge is 0.202 e. The molecular formula is C11H19N3OS. The van der Waals surface area contributed by atoms with Crippen molar-refractivity contribution < 1.29 is 5.11 Å². The van der Waals surface area contributed by atoms with Gasteiger partial charge in [0.15, 0.2) is 0 Å². The first-order valence-corrected chi connectivity index (χ1v) is 6.66. The summed E-state index contributed by atoms with van der Waals surface area (Å²) in [6.45, 7) is 4.76. The van der Waals surface area contributed by atoms with E-state index in [4.69, 9.17) is 0 Å². The highest BCUT2D eigenvalue weighted by Gasteiger charge is 2.30. The summed E-state index contributed by atoms with van der Waals surface area (Å²) in [5, 5.41) is 14.2. The van der Waals surface area contributed by atoms with Crippen LogP contribution in [-0.4, -0.2) is 26.6 Å². The minimum atomic E-state index is -0.524. The van der Waals surface area contributed by atoms with Crippen molar-refractivity contribution in [2.45, 2.75) is 51.0 Å². The van der Waals surface area contributed by atoms with Crippen LogP contribution in [0.25, 0.3) is 0 Å². The molecule has 1 aliphatic rings. The number of hydrogen-bond donors (Lipinski definition) is 2. The maximum Gasteiger partial charge on any atom is 0.202 e. The van der Waals surface area contributed by atoms with Crippen molar-refractivity contribution in [3.05, 3.63) is 5.82 Å². The van der Waals surface area contributed by atoms with Gasteiger partial charge in [0.05, 0.1) is 5.60 Å². The molecule has 90 valence electrons. The average molecular weight is 241 g/mol. The third-order valence-electron chi connectivity index (χ3n) is 3.06. The zero-order valence-corrected chi connectivity index (χ0v) is 10.7. The fourth-order valence-electron chi connectivity index (χ4n) is 1.99. The molecule has 2 rings (SSSR count). The number of nitrogens with one attached hydrogen (secondary N) is 1. The molecule has 1 heterocycles. The number of rotatable bonds is 4. The minimum Gasteiger partial charge on any atom is -0.388 e. The largest absolute Gasteiger partial charge is 0.388 e. The topological polar surface area (TPSA) is 58.0 Å². The van der Waals surface area contributed by atoms with Gasteiger partial charge < -0.3 is 10.4 Å². The fourth-order valence-corrected chi connectivity index (χ4v) is 2.69. The van der Waals surface area contributed by atoms with Crippen LogP contribution < -0.4 is 5.32 Å². The van der Waals surface area contributed by atoms with Gasteiger partial charge in [-0.25, -0.2) is 4.98 Å². The first kappa shape index (κ1) is 11.8. The van der Waals surface area contributed by atoms with Gasteiger partial charge in [0, 0.05) is 24.0 Å². The molecule has 5 heteroatoms. The second-order valence-corrected chi connectivity index (χ2v) is 5.65. The molecule has 1 saturated carbocycles. The van der Waals surface area contributed by atoms with Gasteiger partial charge in [0.2, 0.25) is 5.13 Å².